The van der Waals surface area contributed by atoms with Crippen molar-refractivity contribution in [3.05, 3.63) is 12.1 Å². The van der Waals surface area contributed by atoms with E-state index in [-0.39, 0.29) is 5.91 Å². The Kier molecular flexibility index (Phi) is 5.74. The van der Waals surface area contributed by atoms with Crippen LogP contribution in [0.1, 0.15) is 13.3 Å². The van der Waals surface area contributed by atoms with Crippen LogP contribution < -0.4 is 9.64 Å². The number of nitrogens with zero attached hydrogens (tertiary/aromatic N) is 4. The highest BCUT2D eigenvalue weighted by molar-refractivity contribution is 5.76. The minimum atomic E-state index is 0.211. The van der Waals surface area contributed by atoms with Crippen molar-refractivity contribution in [1.82, 2.24) is 15.1 Å². The van der Waals surface area contributed by atoms with E-state index in [1.54, 1.807) is 7.11 Å². The van der Waals surface area contributed by atoms with Gasteiger partial charge < -0.3 is 19.3 Å². The van der Waals surface area contributed by atoms with Crippen LogP contribution in [-0.2, 0) is 9.53 Å². The van der Waals surface area contributed by atoms with Gasteiger partial charge in [0, 0.05) is 45.8 Å². The molecule has 0 aliphatic carbocycles. The van der Waals surface area contributed by atoms with Crippen LogP contribution in [0.4, 0.5) is 5.82 Å². The number of carbonyl (C=O) groups is 1. The molecule has 0 radical (unpaired) electrons. The van der Waals surface area contributed by atoms with Crippen molar-refractivity contribution in [1.29, 1.82) is 0 Å². The Labute approximate surface area is 124 Å². The zero-order valence-electron chi connectivity index (χ0n) is 12.6. The lowest BCUT2D eigenvalue weighted by molar-refractivity contribution is -0.131. The number of rotatable bonds is 6. The van der Waals surface area contributed by atoms with Crippen molar-refractivity contribution in [2.24, 2.45) is 0 Å². The molecule has 0 spiro atoms. The second-order valence-corrected chi connectivity index (χ2v) is 4.79. The molecule has 1 aromatic rings. The fourth-order valence-corrected chi connectivity index (χ4v) is 2.20. The van der Waals surface area contributed by atoms with Crippen molar-refractivity contribution in [2.75, 3.05) is 51.4 Å². The topological polar surface area (TPSA) is 67.8 Å². The average Bonchev–Trinajstić information content (AvgIpc) is 2.55. The molecule has 21 heavy (non-hydrogen) atoms. The third-order valence-electron chi connectivity index (χ3n) is 3.42. The maximum absolute atomic E-state index is 11.6. The Bertz CT molecular complexity index is 444. The maximum Gasteiger partial charge on any atom is 0.233 e. The first-order valence-corrected chi connectivity index (χ1v) is 7.22. The monoisotopic (exact) mass is 294 g/mol. The van der Waals surface area contributed by atoms with E-state index < -0.39 is 0 Å². The van der Waals surface area contributed by atoms with Gasteiger partial charge in [-0.15, -0.1) is 10.2 Å². The lowest BCUT2D eigenvalue weighted by Crippen LogP contribution is -2.48. The summed E-state index contributed by atoms with van der Waals surface area (Å²) in [6.45, 7) is 5.91. The maximum atomic E-state index is 11.6. The summed E-state index contributed by atoms with van der Waals surface area (Å²) in [6, 6.07) is 3.70. The molecule has 116 valence electrons. The first-order chi connectivity index (χ1) is 10.2. The summed E-state index contributed by atoms with van der Waals surface area (Å²) in [5.74, 6) is 1.52. The van der Waals surface area contributed by atoms with Gasteiger partial charge in [0.2, 0.25) is 11.8 Å². The molecule has 0 saturated carbocycles. The summed E-state index contributed by atoms with van der Waals surface area (Å²) in [4.78, 5) is 15.7. The van der Waals surface area contributed by atoms with Gasteiger partial charge >= 0.3 is 0 Å². The van der Waals surface area contributed by atoms with Crippen LogP contribution in [0.3, 0.4) is 0 Å². The number of anilines is 1. The molecule has 0 bridgehead atoms. The van der Waals surface area contributed by atoms with Crippen LogP contribution in [-0.4, -0.2) is 67.5 Å². The summed E-state index contributed by atoms with van der Waals surface area (Å²) in [5.41, 5.74) is 0. The molecule has 0 N–H and O–H groups in total. The van der Waals surface area contributed by atoms with E-state index in [0.717, 1.165) is 32.0 Å². The summed E-state index contributed by atoms with van der Waals surface area (Å²) in [6.07, 6.45) is 0.563. The van der Waals surface area contributed by atoms with Gasteiger partial charge in [0.15, 0.2) is 5.82 Å². The fraction of sp³-hybridized carbons (Fsp3) is 0.643. The number of aromatic nitrogens is 2. The molecule has 7 nitrogen and oxygen atoms in total. The normalized spacial score (nSPS) is 15.1. The highest BCUT2D eigenvalue weighted by atomic mass is 16.5. The van der Waals surface area contributed by atoms with Gasteiger partial charge in [-0.3, -0.25) is 4.79 Å². The minimum Gasteiger partial charge on any atom is -0.474 e. The summed E-state index contributed by atoms with van der Waals surface area (Å²) >= 11 is 0. The van der Waals surface area contributed by atoms with Crippen LogP contribution in [0.25, 0.3) is 0 Å². The Morgan fingerprint density at radius 3 is 2.52 bits per heavy atom. The van der Waals surface area contributed by atoms with Crippen molar-refractivity contribution >= 4 is 11.7 Å². The highest BCUT2D eigenvalue weighted by Gasteiger charge is 2.20. The van der Waals surface area contributed by atoms with Crippen LogP contribution in [0, 0.1) is 0 Å². The van der Waals surface area contributed by atoms with Crippen molar-refractivity contribution in [3.8, 4) is 5.88 Å². The molecule has 1 aliphatic rings. The third-order valence-corrected chi connectivity index (χ3v) is 3.42. The molecule has 2 heterocycles. The summed E-state index contributed by atoms with van der Waals surface area (Å²) in [5, 5.41) is 8.22. The number of amides is 1. The number of carbonyl (C=O) groups excluding carboxylic acids is 1. The lowest BCUT2D eigenvalue weighted by Gasteiger charge is -2.35. The van der Waals surface area contributed by atoms with Gasteiger partial charge in [0.25, 0.3) is 0 Å². The lowest BCUT2D eigenvalue weighted by atomic mass is 10.3. The van der Waals surface area contributed by atoms with E-state index in [1.807, 2.05) is 24.0 Å². The van der Waals surface area contributed by atoms with Crippen molar-refractivity contribution in [3.63, 3.8) is 0 Å². The first-order valence-electron chi connectivity index (χ1n) is 7.22. The predicted octanol–water partition coefficient (Wildman–Crippen LogP) is 0.560. The summed E-state index contributed by atoms with van der Waals surface area (Å²) in [7, 11) is 1.63. The SMILES string of the molecule is CCC(=O)N1CCN(c2ccc(OCCOC)nn2)CC1. The quantitative estimate of drug-likeness (QED) is 0.714. The van der Waals surface area contributed by atoms with Gasteiger partial charge in [-0.1, -0.05) is 6.92 Å². The van der Waals surface area contributed by atoms with Crippen LogP contribution in [0.5, 0.6) is 5.88 Å². The molecule has 0 unspecified atom stereocenters. The van der Waals surface area contributed by atoms with Crippen LogP contribution >= 0.6 is 0 Å². The van der Waals surface area contributed by atoms with Crippen molar-refractivity contribution < 1.29 is 14.3 Å². The minimum absolute atomic E-state index is 0.211. The molecule has 2 rings (SSSR count). The number of ether oxygens (including phenoxy) is 2. The smallest absolute Gasteiger partial charge is 0.233 e. The Hall–Kier alpha value is -1.89. The zero-order chi connectivity index (χ0) is 15.1. The fourth-order valence-electron chi connectivity index (χ4n) is 2.20. The average molecular weight is 294 g/mol. The Morgan fingerprint density at radius 2 is 1.95 bits per heavy atom. The largest absolute Gasteiger partial charge is 0.474 e. The number of hydrogen-bond acceptors (Lipinski definition) is 6. The zero-order valence-corrected chi connectivity index (χ0v) is 12.6. The summed E-state index contributed by atoms with van der Waals surface area (Å²) < 4.78 is 10.3. The van der Waals surface area contributed by atoms with E-state index in [9.17, 15) is 4.79 Å². The highest BCUT2D eigenvalue weighted by Crippen LogP contribution is 2.15. The second kappa shape index (κ2) is 7.78. The van der Waals surface area contributed by atoms with Gasteiger partial charge in [0.05, 0.1) is 6.61 Å². The second-order valence-electron chi connectivity index (χ2n) is 4.79. The van der Waals surface area contributed by atoms with E-state index in [1.165, 1.54) is 0 Å². The van der Waals surface area contributed by atoms with Crippen LogP contribution in [0.2, 0.25) is 0 Å². The number of methoxy groups -OCH3 is 1. The van der Waals surface area contributed by atoms with E-state index in [2.05, 4.69) is 15.1 Å². The molecule has 0 aromatic carbocycles. The first kappa shape index (κ1) is 15.5. The third kappa shape index (κ3) is 4.29. The predicted molar refractivity (Wildman–Crippen MR) is 78.5 cm³/mol. The number of piperazine rings is 1. The molecule has 1 saturated heterocycles. The van der Waals surface area contributed by atoms with Gasteiger partial charge in [-0.25, -0.2) is 0 Å². The molecule has 7 heteroatoms. The molecular formula is C14H22N4O3. The number of hydrogen-bond donors (Lipinski definition) is 0. The van der Waals surface area contributed by atoms with E-state index in [4.69, 9.17) is 9.47 Å². The van der Waals surface area contributed by atoms with Crippen molar-refractivity contribution in [2.45, 2.75) is 13.3 Å². The van der Waals surface area contributed by atoms with Crippen LogP contribution in [0.15, 0.2) is 12.1 Å². The molecule has 1 aliphatic heterocycles. The molecule has 1 amide bonds. The Balaban J connectivity index is 1.84. The van der Waals surface area contributed by atoms with E-state index in [0.29, 0.717) is 25.5 Å². The molecular weight excluding hydrogens is 272 g/mol. The Morgan fingerprint density at radius 1 is 1.19 bits per heavy atom. The van der Waals surface area contributed by atoms with Gasteiger partial charge in [-0.05, 0) is 6.07 Å². The van der Waals surface area contributed by atoms with Gasteiger partial charge in [-0.2, -0.15) is 0 Å². The van der Waals surface area contributed by atoms with Gasteiger partial charge in [0.1, 0.15) is 6.61 Å². The van der Waals surface area contributed by atoms with E-state index >= 15 is 0 Å². The molecule has 1 fully saturated rings. The molecule has 1 aromatic heterocycles. The standard InChI is InChI=1S/C14H22N4O3/c1-3-14(19)18-8-6-17(7-9-18)12-4-5-13(16-15-12)21-11-10-20-2/h4-5H,3,6-11H2,1-2H3. The molecule has 0 atom stereocenters.